The number of hydrogen-bond donors (Lipinski definition) is 3. The van der Waals surface area contributed by atoms with Gasteiger partial charge in [-0.2, -0.15) is 0 Å². The quantitative estimate of drug-likeness (QED) is 0.747. The normalized spacial score (nSPS) is 11.2. The zero-order valence-electron chi connectivity index (χ0n) is 13.6. The lowest BCUT2D eigenvalue weighted by Crippen LogP contribution is -2.42. The predicted molar refractivity (Wildman–Crippen MR) is 91.5 cm³/mol. The van der Waals surface area contributed by atoms with Crippen LogP contribution in [0.1, 0.15) is 15.9 Å². The SMILES string of the molecule is COC(=O)Nc1ccc(C(=O)N[C@@H](Cc2ccccc2)C(=O)O)cc1. The lowest BCUT2D eigenvalue weighted by Gasteiger charge is -2.15. The minimum Gasteiger partial charge on any atom is -0.480 e. The number of hydrogen-bond acceptors (Lipinski definition) is 4. The Hall–Kier alpha value is -3.35. The molecule has 2 amide bonds. The van der Waals surface area contributed by atoms with Crippen LogP contribution in [0.3, 0.4) is 0 Å². The van der Waals surface area contributed by atoms with Crippen molar-refractivity contribution in [2.24, 2.45) is 0 Å². The third-order valence-corrected chi connectivity index (χ3v) is 3.46. The molecule has 25 heavy (non-hydrogen) atoms. The number of aliphatic carboxylic acids is 1. The summed E-state index contributed by atoms with van der Waals surface area (Å²) in [5, 5.41) is 14.3. The Balaban J connectivity index is 2.03. The molecule has 0 aliphatic heterocycles. The lowest BCUT2D eigenvalue weighted by atomic mass is 10.1. The number of amides is 2. The average molecular weight is 342 g/mol. The van der Waals surface area contributed by atoms with Gasteiger partial charge in [-0.05, 0) is 29.8 Å². The van der Waals surface area contributed by atoms with Crippen LogP contribution in [-0.2, 0) is 16.0 Å². The Morgan fingerprint density at radius 2 is 1.68 bits per heavy atom. The molecule has 7 nitrogen and oxygen atoms in total. The highest BCUT2D eigenvalue weighted by Gasteiger charge is 2.21. The van der Waals surface area contributed by atoms with E-state index in [4.69, 9.17) is 0 Å². The molecular weight excluding hydrogens is 324 g/mol. The van der Waals surface area contributed by atoms with Gasteiger partial charge in [0.25, 0.3) is 5.91 Å². The zero-order valence-corrected chi connectivity index (χ0v) is 13.6. The van der Waals surface area contributed by atoms with E-state index in [9.17, 15) is 19.5 Å². The number of methoxy groups -OCH3 is 1. The van der Waals surface area contributed by atoms with Crippen LogP contribution in [0.5, 0.6) is 0 Å². The van der Waals surface area contributed by atoms with Gasteiger partial charge in [0.15, 0.2) is 0 Å². The fourth-order valence-electron chi connectivity index (χ4n) is 2.17. The summed E-state index contributed by atoms with van der Waals surface area (Å²) in [6.07, 6.45) is -0.435. The van der Waals surface area contributed by atoms with Crippen molar-refractivity contribution in [3.05, 3.63) is 65.7 Å². The van der Waals surface area contributed by atoms with E-state index in [1.807, 2.05) is 18.2 Å². The number of anilines is 1. The van der Waals surface area contributed by atoms with Crippen LogP contribution in [0.4, 0.5) is 10.5 Å². The first kappa shape index (κ1) is 18.0. The Morgan fingerprint density at radius 3 is 2.24 bits per heavy atom. The van der Waals surface area contributed by atoms with Gasteiger partial charge in [-0.1, -0.05) is 30.3 Å². The third kappa shape index (κ3) is 5.35. The summed E-state index contributed by atoms with van der Waals surface area (Å²) in [7, 11) is 1.25. The molecule has 0 radical (unpaired) electrons. The fourth-order valence-corrected chi connectivity index (χ4v) is 2.17. The molecule has 2 aromatic carbocycles. The Bertz CT molecular complexity index is 744. The van der Waals surface area contributed by atoms with Crippen LogP contribution >= 0.6 is 0 Å². The summed E-state index contributed by atoms with van der Waals surface area (Å²) >= 11 is 0. The molecular formula is C18H18N2O5. The average Bonchev–Trinajstić information content (AvgIpc) is 2.62. The summed E-state index contributed by atoms with van der Waals surface area (Å²) in [6.45, 7) is 0. The van der Waals surface area contributed by atoms with Gasteiger partial charge in [0.05, 0.1) is 7.11 Å². The molecule has 2 aromatic rings. The first-order valence-electron chi connectivity index (χ1n) is 7.52. The smallest absolute Gasteiger partial charge is 0.411 e. The van der Waals surface area contributed by atoms with Crippen LogP contribution in [-0.4, -0.2) is 36.2 Å². The van der Waals surface area contributed by atoms with E-state index < -0.39 is 24.0 Å². The molecule has 0 aliphatic rings. The van der Waals surface area contributed by atoms with E-state index in [2.05, 4.69) is 15.4 Å². The lowest BCUT2D eigenvalue weighted by molar-refractivity contribution is -0.139. The summed E-state index contributed by atoms with van der Waals surface area (Å²) in [4.78, 5) is 34.8. The van der Waals surface area contributed by atoms with E-state index in [0.29, 0.717) is 5.69 Å². The highest BCUT2D eigenvalue weighted by atomic mass is 16.5. The maximum atomic E-state index is 12.3. The van der Waals surface area contributed by atoms with Crippen molar-refractivity contribution in [2.75, 3.05) is 12.4 Å². The fraction of sp³-hybridized carbons (Fsp3) is 0.167. The number of nitrogens with one attached hydrogen (secondary N) is 2. The molecule has 0 aromatic heterocycles. The molecule has 1 atom stereocenters. The molecule has 3 N–H and O–H groups in total. The summed E-state index contributed by atoms with van der Waals surface area (Å²) in [5.74, 6) is -1.62. The van der Waals surface area contributed by atoms with E-state index in [1.165, 1.54) is 31.4 Å². The van der Waals surface area contributed by atoms with Crippen molar-refractivity contribution in [3.63, 3.8) is 0 Å². The second kappa shape index (κ2) is 8.49. The first-order valence-corrected chi connectivity index (χ1v) is 7.52. The number of carbonyl (C=O) groups excluding carboxylic acids is 2. The molecule has 7 heteroatoms. The van der Waals surface area contributed by atoms with Gasteiger partial charge in [0.2, 0.25) is 0 Å². The van der Waals surface area contributed by atoms with Gasteiger partial charge >= 0.3 is 12.1 Å². The van der Waals surface area contributed by atoms with Crippen LogP contribution in [0, 0.1) is 0 Å². The van der Waals surface area contributed by atoms with Crippen molar-refractivity contribution < 1.29 is 24.2 Å². The number of benzene rings is 2. The summed E-state index contributed by atoms with van der Waals surface area (Å²) in [5.41, 5.74) is 1.56. The molecule has 0 heterocycles. The van der Waals surface area contributed by atoms with Gasteiger partial charge in [0.1, 0.15) is 6.04 Å². The topological polar surface area (TPSA) is 105 Å². The Morgan fingerprint density at radius 1 is 1.04 bits per heavy atom. The van der Waals surface area contributed by atoms with Crippen LogP contribution < -0.4 is 10.6 Å². The molecule has 0 bridgehead atoms. The molecule has 0 aliphatic carbocycles. The number of carbonyl (C=O) groups is 3. The number of ether oxygens (including phenoxy) is 1. The molecule has 0 fully saturated rings. The van der Waals surface area contributed by atoms with E-state index in [0.717, 1.165) is 5.56 Å². The molecule has 0 saturated carbocycles. The second-order valence-corrected chi connectivity index (χ2v) is 5.25. The Labute approximate surface area is 144 Å². The monoisotopic (exact) mass is 342 g/mol. The molecule has 2 rings (SSSR count). The molecule has 0 spiro atoms. The second-order valence-electron chi connectivity index (χ2n) is 5.25. The molecule has 0 saturated heterocycles. The van der Waals surface area contributed by atoms with Gasteiger partial charge in [-0.15, -0.1) is 0 Å². The van der Waals surface area contributed by atoms with Crippen LogP contribution in [0.15, 0.2) is 54.6 Å². The predicted octanol–water partition coefficient (Wildman–Crippen LogP) is 2.29. The van der Waals surface area contributed by atoms with Crippen molar-refractivity contribution in [1.29, 1.82) is 0 Å². The van der Waals surface area contributed by atoms with E-state index in [1.54, 1.807) is 12.1 Å². The zero-order chi connectivity index (χ0) is 18.2. The highest BCUT2D eigenvalue weighted by Crippen LogP contribution is 2.11. The van der Waals surface area contributed by atoms with Crippen LogP contribution in [0.25, 0.3) is 0 Å². The van der Waals surface area contributed by atoms with Crippen molar-refractivity contribution in [3.8, 4) is 0 Å². The standard InChI is InChI=1S/C18H18N2O5/c1-25-18(24)19-14-9-7-13(8-10-14)16(21)20-15(17(22)23)11-12-5-3-2-4-6-12/h2-10,15H,11H2,1H3,(H,19,24)(H,20,21)(H,22,23)/t15-/m0/s1. The summed E-state index contributed by atoms with van der Waals surface area (Å²) < 4.78 is 4.47. The largest absolute Gasteiger partial charge is 0.480 e. The van der Waals surface area contributed by atoms with Gasteiger partial charge < -0.3 is 15.2 Å². The van der Waals surface area contributed by atoms with Gasteiger partial charge in [-0.25, -0.2) is 9.59 Å². The highest BCUT2D eigenvalue weighted by molar-refractivity contribution is 5.97. The molecule has 130 valence electrons. The van der Waals surface area contributed by atoms with Gasteiger partial charge in [0, 0.05) is 17.7 Å². The van der Waals surface area contributed by atoms with E-state index in [-0.39, 0.29) is 12.0 Å². The number of carboxylic acid groups (broad SMARTS) is 1. The maximum Gasteiger partial charge on any atom is 0.411 e. The Kier molecular flexibility index (Phi) is 6.11. The minimum atomic E-state index is -1.11. The van der Waals surface area contributed by atoms with Crippen molar-refractivity contribution in [2.45, 2.75) is 12.5 Å². The minimum absolute atomic E-state index is 0.184. The first-order chi connectivity index (χ1) is 12.0. The van der Waals surface area contributed by atoms with Crippen molar-refractivity contribution in [1.82, 2.24) is 5.32 Å². The van der Waals surface area contributed by atoms with Crippen LogP contribution in [0.2, 0.25) is 0 Å². The number of rotatable bonds is 6. The maximum absolute atomic E-state index is 12.3. The van der Waals surface area contributed by atoms with Gasteiger partial charge in [-0.3, -0.25) is 10.1 Å². The van der Waals surface area contributed by atoms with Crippen molar-refractivity contribution >= 4 is 23.7 Å². The third-order valence-electron chi connectivity index (χ3n) is 3.46. The summed E-state index contributed by atoms with van der Waals surface area (Å²) in [6, 6.07) is 14.0. The number of carboxylic acids is 1. The van der Waals surface area contributed by atoms with E-state index >= 15 is 0 Å². The molecule has 0 unspecified atom stereocenters.